The van der Waals surface area contributed by atoms with Gasteiger partial charge in [0, 0.05) is 0 Å². The van der Waals surface area contributed by atoms with Crippen LogP contribution in [0, 0.1) is 0 Å². The van der Waals surface area contributed by atoms with E-state index in [4.69, 9.17) is 0 Å². The van der Waals surface area contributed by atoms with Gasteiger partial charge in [-0.3, -0.25) is 0 Å². The summed E-state index contributed by atoms with van der Waals surface area (Å²) in [7, 11) is 0. The average molecular weight is 96.2 g/mol. The van der Waals surface area contributed by atoms with Gasteiger partial charge >= 0.3 is 51.4 Å². The minimum Gasteiger partial charge on any atom is -0.876 e. The number of rotatable bonds is 0. The Labute approximate surface area is 74.5 Å². The number of allylic oxidation sites excluding steroid dienone is 1. The van der Waals surface area contributed by atoms with Gasteiger partial charge in [0.05, 0.1) is 0 Å². The minimum absolute atomic E-state index is 0. The van der Waals surface area contributed by atoms with Gasteiger partial charge in [-0.15, -0.1) is 12.3 Å². The molecule has 0 amide bonds. The maximum absolute atomic E-state index is 9.33. The smallest absolute Gasteiger partial charge is 0.876 e. The molecule has 0 radical (unpaired) electrons. The Balaban J connectivity index is 0. The molecule has 0 saturated carbocycles. The predicted molar refractivity (Wildman–Crippen MR) is 14.8 cm³/mol. The zero-order chi connectivity index (χ0) is 3.58. The zero-order valence-electron chi connectivity index (χ0n) is 3.62. The van der Waals surface area contributed by atoms with Crippen molar-refractivity contribution in [3.05, 3.63) is 12.3 Å². The molecule has 0 rings (SSSR count). The molecule has 0 saturated heterocycles. The van der Waals surface area contributed by atoms with Crippen LogP contribution in [0.15, 0.2) is 12.3 Å². The fraction of sp³-hybridized carbons (Fsp3) is 0.333. The Hall–Kier alpha value is 1.18. The SMILES string of the molecule is C=C(C)[O-].[K+]. The van der Waals surface area contributed by atoms with Crippen LogP contribution >= 0.6 is 0 Å². The maximum Gasteiger partial charge on any atom is 1.00 e. The first-order chi connectivity index (χ1) is 1.73. The largest absolute Gasteiger partial charge is 1.00 e. The van der Waals surface area contributed by atoms with Crippen molar-refractivity contribution in [3.8, 4) is 0 Å². The van der Waals surface area contributed by atoms with Gasteiger partial charge in [-0.05, 0) is 0 Å². The molecule has 0 bridgehead atoms. The van der Waals surface area contributed by atoms with Crippen molar-refractivity contribution >= 4 is 0 Å². The van der Waals surface area contributed by atoms with E-state index in [9.17, 15) is 5.11 Å². The van der Waals surface area contributed by atoms with Gasteiger partial charge in [0.2, 0.25) is 0 Å². The van der Waals surface area contributed by atoms with Gasteiger partial charge in [-0.25, -0.2) is 0 Å². The van der Waals surface area contributed by atoms with Crippen molar-refractivity contribution in [3.63, 3.8) is 0 Å². The van der Waals surface area contributed by atoms with Crippen LogP contribution in [0.1, 0.15) is 6.92 Å². The summed E-state index contributed by atoms with van der Waals surface area (Å²) in [5.41, 5.74) is 0. The van der Waals surface area contributed by atoms with E-state index in [0.29, 0.717) is 0 Å². The van der Waals surface area contributed by atoms with E-state index >= 15 is 0 Å². The third kappa shape index (κ3) is 37.7. The summed E-state index contributed by atoms with van der Waals surface area (Å²) in [5.74, 6) is -0.0833. The van der Waals surface area contributed by atoms with Crippen molar-refractivity contribution in [2.75, 3.05) is 0 Å². The van der Waals surface area contributed by atoms with Gasteiger partial charge in [0.25, 0.3) is 0 Å². The maximum atomic E-state index is 9.33. The number of hydrogen-bond donors (Lipinski definition) is 0. The van der Waals surface area contributed by atoms with Crippen molar-refractivity contribution in [2.45, 2.75) is 6.92 Å². The summed E-state index contributed by atoms with van der Waals surface area (Å²) >= 11 is 0. The molecular weight excluding hydrogens is 91.1 g/mol. The summed E-state index contributed by atoms with van der Waals surface area (Å²) in [5, 5.41) is 9.33. The number of hydrogen-bond acceptors (Lipinski definition) is 1. The molecule has 0 fully saturated rings. The van der Waals surface area contributed by atoms with E-state index in [0.717, 1.165) is 0 Å². The molecule has 0 aromatic rings. The molecule has 0 unspecified atom stereocenters. The standard InChI is InChI=1S/C3H6O.K/c1-3(2)4;/h4H,1H2,2H3;/q;+1/p-1. The predicted octanol–water partition coefficient (Wildman–Crippen LogP) is -3.12. The molecule has 0 aromatic heterocycles. The first-order valence-electron chi connectivity index (χ1n) is 1.06. The first-order valence-corrected chi connectivity index (χ1v) is 1.06. The first kappa shape index (κ1) is 9.49. The summed E-state index contributed by atoms with van der Waals surface area (Å²) in [4.78, 5) is 0. The quantitative estimate of drug-likeness (QED) is 0.231. The van der Waals surface area contributed by atoms with Crippen LogP contribution in [0.25, 0.3) is 0 Å². The molecule has 0 aliphatic rings. The molecule has 0 aliphatic heterocycles. The van der Waals surface area contributed by atoms with E-state index in [1.54, 1.807) is 0 Å². The summed E-state index contributed by atoms with van der Waals surface area (Å²) in [6.45, 7) is 4.42. The van der Waals surface area contributed by atoms with E-state index in [1.807, 2.05) is 0 Å². The normalized spacial score (nSPS) is 5.00. The Morgan fingerprint density at radius 3 is 1.80 bits per heavy atom. The Kier molecular flexibility index (Phi) is 9.82. The third-order valence-electron chi connectivity index (χ3n) is 0. The molecule has 0 N–H and O–H groups in total. The summed E-state index contributed by atoms with van der Waals surface area (Å²) in [6.07, 6.45) is 0. The minimum atomic E-state index is -0.0833. The molecule has 24 valence electrons. The van der Waals surface area contributed by atoms with E-state index in [-0.39, 0.29) is 57.1 Å². The van der Waals surface area contributed by atoms with Crippen molar-refractivity contribution in [2.24, 2.45) is 0 Å². The average Bonchev–Trinajstić information content (AvgIpc) is 0.811. The fourth-order valence-corrected chi connectivity index (χ4v) is 0. The second-order valence-electron chi connectivity index (χ2n) is 0.702. The Bertz CT molecular complexity index is 29.9. The van der Waals surface area contributed by atoms with Crippen molar-refractivity contribution < 1.29 is 56.5 Å². The molecule has 0 spiro atoms. The van der Waals surface area contributed by atoms with Gasteiger partial charge in [0.1, 0.15) is 0 Å². The van der Waals surface area contributed by atoms with Crippen LogP contribution in [0.3, 0.4) is 0 Å². The molecule has 0 aromatic carbocycles. The van der Waals surface area contributed by atoms with Crippen LogP contribution in [0.2, 0.25) is 0 Å². The zero-order valence-corrected chi connectivity index (χ0v) is 6.74. The van der Waals surface area contributed by atoms with Gasteiger partial charge < -0.3 is 5.11 Å². The van der Waals surface area contributed by atoms with E-state index in [1.165, 1.54) is 6.92 Å². The van der Waals surface area contributed by atoms with Crippen molar-refractivity contribution in [1.82, 2.24) is 0 Å². The molecule has 0 atom stereocenters. The van der Waals surface area contributed by atoms with Crippen LogP contribution in [0.5, 0.6) is 0 Å². The van der Waals surface area contributed by atoms with Crippen LogP contribution < -0.4 is 56.5 Å². The summed E-state index contributed by atoms with van der Waals surface area (Å²) in [6, 6.07) is 0. The fourth-order valence-electron chi connectivity index (χ4n) is 0. The van der Waals surface area contributed by atoms with Crippen molar-refractivity contribution in [1.29, 1.82) is 0 Å². The summed E-state index contributed by atoms with van der Waals surface area (Å²) < 4.78 is 0. The molecule has 2 heteroatoms. The molecule has 5 heavy (non-hydrogen) atoms. The monoisotopic (exact) mass is 96.0 g/mol. The Morgan fingerprint density at radius 2 is 1.80 bits per heavy atom. The van der Waals surface area contributed by atoms with Crippen LogP contribution in [-0.2, 0) is 0 Å². The van der Waals surface area contributed by atoms with Crippen LogP contribution in [0.4, 0.5) is 0 Å². The topological polar surface area (TPSA) is 23.1 Å². The van der Waals surface area contributed by atoms with E-state index in [2.05, 4.69) is 6.58 Å². The van der Waals surface area contributed by atoms with E-state index < -0.39 is 0 Å². The molecule has 1 nitrogen and oxygen atoms in total. The molecule has 0 aliphatic carbocycles. The second-order valence-corrected chi connectivity index (χ2v) is 0.702. The van der Waals surface area contributed by atoms with Gasteiger partial charge in [-0.2, -0.15) is 0 Å². The third-order valence-corrected chi connectivity index (χ3v) is 0. The second kappa shape index (κ2) is 5.18. The Morgan fingerprint density at radius 1 is 1.80 bits per heavy atom. The molecule has 0 heterocycles. The van der Waals surface area contributed by atoms with Gasteiger partial charge in [-0.1, -0.05) is 6.92 Å². The van der Waals surface area contributed by atoms with Crippen LogP contribution in [-0.4, -0.2) is 0 Å². The molecular formula is C3H5KO. The van der Waals surface area contributed by atoms with Gasteiger partial charge in [0.15, 0.2) is 0 Å².